The molecular formula is C21H14ClN5O. The Morgan fingerprint density at radius 2 is 1.96 bits per heavy atom. The zero-order valence-corrected chi connectivity index (χ0v) is 15.4. The van der Waals surface area contributed by atoms with Gasteiger partial charge in [-0.15, -0.1) is 0 Å². The minimum Gasteiger partial charge on any atom is -0.322 e. The van der Waals surface area contributed by atoms with Gasteiger partial charge in [0.2, 0.25) is 0 Å². The van der Waals surface area contributed by atoms with Gasteiger partial charge in [-0.05, 0) is 29.8 Å². The van der Waals surface area contributed by atoms with Crippen LogP contribution in [0.1, 0.15) is 21.5 Å². The van der Waals surface area contributed by atoms with Crippen molar-refractivity contribution in [2.75, 3.05) is 5.32 Å². The van der Waals surface area contributed by atoms with E-state index >= 15 is 0 Å². The first-order chi connectivity index (χ1) is 13.6. The van der Waals surface area contributed by atoms with Crippen molar-refractivity contribution >= 4 is 34.2 Å². The van der Waals surface area contributed by atoms with Crippen LogP contribution >= 0.6 is 11.6 Å². The average Bonchev–Trinajstić information content (AvgIpc) is 3.12. The number of rotatable bonds is 4. The number of benzene rings is 2. The second-order valence-electron chi connectivity index (χ2n) is 6.19. The van der Waals surface area contributed by atoms with E-state index in [2.05, 4.69) is 15.4 Å². The first-order valence-electron chi connectivity index (χ1n) is 8.50. The zero-order chi connectivity index (χ0) is 19.5. The van der Waals surface area contributed by atoms with Crippen molar-refractivity contribution in [3.05, 3.63) is 88.7 Å². The number of aromatic nitrogens is 3. The maximum Gasteiger partial charge on any atom is 0.257 e. The minimum absolute atomic E-state index is 0.301. The van der Waals surface area contributed by atoms with Crippen molar-refractivity contribution in [2.24, 2.45) is 0 Å². The number of nitriles is 1. The number of pyridine rings is 1. The van der Waals surface area contributed by atoms with Gasteiger partial charge in [0.05, 0.1) is 28.9 Å². The lowest BCUT2D eigenvalue weighted by molar-refractivity contribution is 0.102. The lowest BCUT2D eigenvalue weighted by Crippen LogP contribution is -2.12. The molecule has 28 heavy (non-hydrogen) atoms. The van der Waals surface area contributed by atoms with E-state index in [4.69, 9.17) is 16.9 Å². The number of fused-ring (bicyclic) bond motifs is 1. The van der Waals surface area contributed by atoms with Crippen LogP contribution in [0.2, 0.25) is 5.02 Å². The molecule has 0 spiro atoms. The van der Waals surface area contributed by atoms with Crippen LogP contribution in [0.5, 0.6) is 0 Å². The SMILES string of the molecule is N#Cc1cc(NC(=O)c2cnc3c(cnn3Cc3ccccc3)c2)ccc1Cl. The number of hydrogen-bond donors (Lipinski definition) is 1. The summed E-state index contributed by atoms with van der Waals surface area (Å²) in [5.74, 6) is -0.323. The van der Waals surface area contributed by atoms with Crippen molar-refractivity contribution in [3.63, 3.8) is 0 Å². The monoisotopic (exact) mass is 387 g/mol. The second kappa shape index (κ2) is 7.51. The van der Waals surface area contributed by atoms with Gasteiger partial charge in [0, 0.05) is 17.3 Å². The lowest BCUT2D eigenvalue weighted by atomic mass is 10.2. The summed E-state index contributed by atoms with van der Waals surface area (Å²) in [6.45, 7) is 0.602. The maximum atomic E-state index is 12.5. The molecule has 7 heteroatoms. The number of amides is 1. The molecule has 0 aliphatic heterocycles. The van der Waals surface area contributed by atoms with Gasteiger partial charge in [0.15, 0.2) is 5.65 Å². The smallest absolute Gasteiger partial charge is 0.257 e. The van der Waals surface area contributed by atoms with Crippen molar-refractivity contribution in [1.29, 1.82) is 5.26 Å². The fourth-order valence-electron chi connectivity index (χ4n) is 2.86. The van der Waals surface area contributed by atoms with Crippen molar-refractivity contribution < 1.29 is 4.79 Å². The summed E-state index contributed by atoms with van der Waals surface area (Å²) >= 11 is 5.92. The number of carbonyl (C=O) groups is 1. The molecule has 2 aromatic heterocycles. The summed E-state index contributed by atoms with van der Waals surface area (Å²) in [4.78, 5) is 17.0. The summed E-state index contributed by atoms with van der Waals surface area (Å²) in [6.07, 6.45) is 3.21. The second-order valence-corrected chi connectivity index (χ2v) is 6.59. The largest absolute Gasteiger partial charge is 0.322 e. The molecule has 0 saturated heterocycles. The molecule has 0 aliphatic carbocycles. The Hall–Kier alpha value is -3.69. The summed E-state index contributed by atoms with van der Waals surface area (Å²) in [6, 6.07) is 18.5. The van der Waals surface area contributed by atoms with Crippen LogP contribution in [-0.4, -0.2) is 20.7 Å². The topological polar surface area (TPSA) is 83.6 Å². The Bertz CT molecular complexity index is 1210. The normalized spacial score (nSPS) is 10.6. The Balaban J connectivity index is 1.56. The highest BCUT2D eigenvalue weighted by molar-refractivity contribution is 6.31. The highest BCUT2D eigenvalue weighted by atomic mass is 35.5. The number of nitrogens with zero attached hydrogens (tertiary/aromatic N) is 4. The molecule has 1 amide bonds. The fourth-order valence-corrected chi connectivity index (χ4v) is 3.02. The Kier molecular flexibility index (Phi) is 4.75. The molecule has 0 saturated carbocycles. The van der Waals surface area contributed by atoms with Gasteiger partial charge in [-0.2, -0.15) is 10.4 Å². The van der Waals surface area contributed by atoms with Gasteiger partial charge in [-0.25, -0.2) is 9.67 Å². The van der Waals surface area contributed by atoms with E-state index < -0.39 is 0 Å². The standard InChI is InChI=1S/C21H14ClN5O/c22-19-7-6-18(9-15(19)10-23)26-21(28)17-8-16-12-25-27(20(16)24-11-17)13-14-4-2-1-3-5-14/h1-9,11-12H,13H2,(H,26,28). The molecule has 4 aromatic rings. The molecule has 4 rings (SSSR count). The van der Waals surface area contributed by atoms with Crippen LogP contribution in [0, 0.1) is 11.3 Å². The zero-order valence-electron chi connectivity index (χ0n) is 14.6. The predicted octanol–water partition coefficient (Wildman–Crippen LogP) is 4.26. The molecule has 0 radical (unpaired) electrons. The molecule has 0 fully saturated rings. The highest BCUT2D eigenvalue weighted by Gasteiger charge is 2.12. The molecule has 2 aromatic carbocycles. The van der Waals surface area contributed by atoms with Gasteiger partial charge >= 0.3 is 0 Å². The van der Waals surface area contributed by atoms with Gasteiger partial charge in [0.25, 0.3) is 5.91 Å². The van der Waals surface area contributed by atoms with Crippen LogP contribution in [0.15, 0.2) is 67.0 Å². The van der Waals surface area contributed by atoms with E-state index in [1.807, 2.05) is 36.4 Å². The average molecular weight is 388 g/mol. The summed E-state index contributed by atoms with van der Waals surface area (Å²) in [7, 11) is 0. The molecule has 6 nitrogen and oxygen atoms in total. The van der Waals surface area contributed by atoms with Crippen molar-refractivity contribution in [3.8, 4) is 6.07 Å². The Labute approximate surface area is 166 Å². The van der Waals surface area contributed by atoms with E-state index in [1.54, 1.807) is 29.1 Å². The van der Waals surface area contributed by atoms with E-state index in [0.29, 0.717) is 34.0 Å². The quantitative estimate of drug-likeness (QED) is 0.567. The molecule has 0 bridgehead atoms. The number of carbonyl (C=O) groups excluding carboxylic acids is 1. The third-order valence-electron chi connectivity index (χ3n) is 4.26. The number of anilines is 1. The molecule has 2 heterocycles. The van der Waals surface area contributed by atoms with E-state index in [1.165, 1.54) is 12.3 Å². The molecule has 0 unspecified atom stereocenters. The molecule has 0 atom stereocenters. The lowest BCUT2D eigenvalue weighted by Gasteiger charge is -2.07. The van der Waals surface area contributed by atoms with Crippen LogP contribution in [0.3, 0.4) is 0 Å². The summed E-state index contributed by atoms with van der Waals surface area (Å²) in [5, 5.41) is 17.3. The van der Waals surface area contributed by atoms with Crippen molar-refractivity contribution in [2.45, 2.75) is 6.54 Å². The first-order valence-corrected chi connectivity index (χ1v) is 8.88. The van der Waals surface area contributed by atoms with Gasteiger partial charge < -0.3 is 5.32 Å². The van der Waals surface area contributed by atoms with Gasteiger partial charge in [-0.3, -0.25) is 4.79 Å². The molecular weight excluding hydrogens is 374 g/mol. The summed E-state index contributed by atoms with van der Waals surface area (Å²) < 4.78 is 1.80. The van der Waals surface area contributed by atoms with Gasteiger partial charge in [-0.1, -0.05) is 41.9 Å². The molecule has 1 N–H and O–H groups in total. The predicted molar refractivity (Wildman–Crippen MR) is 107 cm³/mol. The molecule has 136 valence electrons. The number of hydrogen-bond acceptors (Lipinski definition) is 4. The van der Waals surface area contributed by atoms with E-state index in [0.717, 1.165) is 10.9 Å². The van der Waals surface area contributed by atoms with Crippen LogP contribution < -0.4 is 5.32 Å². The van der Waals surface area contributed by atoms with Crippen LogP contribution in [-0.2, 0) is 6.54 Å². The maximum absolute atomic E-state index is 12.5. The third kappa shape index (κ3) is 3.56. The summed E-state index contributed by atoms with van der Waals surface area (Å²) in [5.41, 5.74) is 3.02. The van der Waals surface area contributed by atoms with Crippen LogP contribution in [0.25, 0.3) is 11.0 Å². The van der Waals surface area contributed by atoms with Gasteiger partial charge in [0.1, 0.15) is 6.07 Å². The highest BCUT2D eigenvalue weighted by Crippen LogP contribution is 2.21. The minimum atomic E-state index is -0.323. The van der Waals surface area contributed by atoms with Crippen LogP contribution in [0.4, 0.5) is 5.69 Å². The Morgan fingerprint density at radius 3 is 2.75 bits per heavy atom. The molecule has 0 aliphatic rings. The number of nitrogens with one attached hydrogen (secondary N) is 1. The first kappa shape index (κ1) is 17.7. The Morgan fingerprint density at radius 1 is 1.14 bits per heavy atom. The van der Waals surface area contributed by atoms with E-state index in [9.17, 15) is 4.79 Å². The van der Waals surface area contributed by atoms with Crippen molar-refractivity contribution in [1.82, 2.24) is 14.8 Å². The van der Waals surface area contributed by atoms with E-state index in [-0.39, 0.29) is 5.91 Å². The third-order valence-corrected chi connectivity index (χ3v) is 4.59. The number of halogens is 1. The fraction of sp³-hybridized carbons (Fsp3) is 0.0476.